The van der Waals surface area contributed by atoms with E-state index in [0.717, 1.165) is 22.4 Å². The topological polar surface area (TPSA) is 95.6 Å². The largest absolute Gasteiger partial charge is 0.508 e. The van der Waals surface area contributed by atoms with E-state index in [1.54, 1.807) is 30.3 Å². The van der Waals surface area contributed by atoms with Crippen LogP contribution in [0.15, 0.2) is 64.3 Å². The number of phenols is 2. The standard InChI is InChI=1S/C23H20N2O4/c1-12-20-21(13-5-4-6-15(26)9-13)22-17(24-23(20)29-25-12)10-14(11-19(22)28)16-7-2-3-8-18(16)27/h2-9,14,21,24,26-27H,10-11H2,1H3/t14-,21-/m1/s1. The highest BCUT2D eigenvalue weighted by atomic mass is 16.5. The van der Waals surface area contributed by atoms with Crippen LogP contribution in [-0.2, 0) is 4.79 Å². The molecule has 0 unspecified atom stereocenters. The molecule has 1 aliphatic carbocycles. The molecule has 0 bridgehead atoms. The molecule has 146 valence electrons. The Balaban J connectivity index is 1.64. The molecule has 6 heteroatoms. The van der Waals surface area contributed by atoms with Gasteiger partial charge in [0.1, 0.15) is 11.5 Å². The Bertz CT molecular complexity index is 1160. The molecule has 0 radical (unpaired) electrons. The van der Waals surface area contributed by atoms with Crippen molar-refractivity contribution >= 4 is 11.7 Å². The third-order valence-electron chi connectivity index (χ3n) is 5.84. The first kappa shape index (κ1) is 17.6. The van der Waals surface area contributed by atoms with E-state index in [4.69, 9.17) is 4.52 Å². The Kier molecular flexibility index (Phi) is 3.94. The van der Waals surface area contributed by atoms with Crippen LogP contribution in [0.2, 0.25) is 0 Å². The number of fused-ring (bicyclic) bond motifs is 1. The fraction of sp³-hybridized carbons (Fsp3) is 0.217. The van der Waals surface area contributed by atoms with Gasteiger partial charge in [0.2, 0.25) is 5.88 Å². The van der Waals surface area contributed by atoms with Gasteiger partial charge in [0, 0.05) is 29.5 Å². The molecule has 29 heavy (non-hydrogen) atoms. The summed E-state index contributed by atoms with van der Waals surface area (Å²) >= 11 is 0. The monoisotopic (exact) mass is 388 g/mol. The summed E-state index contributed by atoms with van der Waals surface area (Å²) in [7, 11) is 0. The van der Waals surface area contributed by atoms with Crippen LogP contribution in [-0.4, -0.2) is 21.2 Å². The average molecular weight is 388 g/mol. The molecule has 2 aromatic carbocycles. The lowest BCUT2D eigenvalue weighted by atomic mass is 9.72. The number of aromatic nitrogens is 1. The third kappa shape index (κ3) is 2.79. The van der Waals surface area contributed by atoms with Gasteiger partial charge in [0.25, 0.3) is 0 Å². The molecule has 2 aliphatic rings. The number of hydrogen-bond acceptors (Lipinski definition) is 6. The number of hydrogen-bond donors (Lipinski definition) is 3. The lowest BCUT2D eigenvalue weighted by Gasteiger charge is -2.34. The van der Waals surface area contributed by atoms with Gasteiger partial charge in [-0.1, -0.05) is 35.5 Å². The Hall–Kier alpha value is -3.54. The molecule has 1 aliphatic heterocycles. The number of nitrogens with zero attached hydrogens (tertiary/aromatic N) is 1. The lowest BCUT2D eigenvalue weighted by molar-refractivity contribution is -0.116. The number of carbonyl (C=O) groups excluding carboxylic acids is 1. The number of aromatic hydroxyl groups is 2. The van der Waals surface area contributed by atoms with Crippen molar-refractivity contribution in [3.8, 4) is 11.5 Å². The molecular formula is C23H20N2O4. The van der Waals surface area contributed by atoms with E-state index in [9.17, 15) is 15.0 Å². The van der Waals surface area contributed by atoms with Crippen LogP contribution in [0.4, 0.5) is 5.88 Å². The molecule has 3 N–H and O–H groups in total. The summed E-state index contributed by atoms with van der Waals surface area (Å²) in [4.78, 5) is 13.3. The zero-order valence-corrected chi connectivity index (χ0v) is 15.8. The number of anilines is 1. The summed E-state index contributed by atoms with van der Waals surface area (Å²) in [6.07, 6.45) is 0.889. The van der Waals surface area contributed by atoms with Crippen LogP contribution in [0.5, 0.6) is 11.5 Å². The first-order chi connectivity index (χ1) is 14.0. The minimum atomic E-state index is -0.350. The van der Waals surface area contributed by atoms with Crippen molar-refractivity contribution in [2.45, 2.75) is 31.6 Å². The maximum absolute atomic E-state index is 13.3. The first-order valence-corrected chi connectivity index (χ1v) is 9.59. The van der Waals surface area contributed by atoms with Gasteiger partial charge in [0.05, 0.1) is 11.3 Å². The van der Waals surface area contributed by atoms with Crippen molar-refractivity contribution in [2.75, 3.05) is 5.32 Å². The molecule has 0 saturated carbocycles. The van der Waals surface area contributed by atoms with Gasteiger partial charge in [-0.3, -0.25) is 4.79 Å². The highest BCUT2D eigenvalue weighted by Crippen LogP contribution is 2.49. The Morgan fingerprint density at radius 3 is 2.72 bits per heavy atom. The fourth-order valence-electron chi connectivity index (χ4n) is 4.56. The van der Waals surface area contributed by atoms with Gasteiger partial charge in [-0.25, -0.2) is 0 Å². The zero-order valence-electron chi connectivity index (χ0n) is 15.8. The van der Waals surface area contributed by atoms with Crippen LogP contribution < -0.4 is 5.32 Å². The van der Waals surface area contributed by atoms with Crippen LogP contribution in [0.1, 0.15) is 47.1 Å². The summed E-state index contributed by atoms with van der Waals surface area (Å²) in [6, 6.07) is 14.1. The van der Waals surface area contributed by atoms with Gasteiger partial charge >= 0.3 is 0 Å². The lowest BCUT2D eigenvalue weighted by Crippen LogP contribution is -2.29. The molecule has 0 fully saturated rings. The molecule has 2 atom stereocenters. The third-order valence-corrected chi connectivity index (χ3v) is 5.84. The van der Waals surface area contributed by atoms with Crippen LogP contribution in [0, 0.1) is 6.92 Å². The smallest absolute Gasteiger partial charge is 0.233 e. The van der Waals surface area contributed by atoms with E-state index in [1.165, 1.54) is 0 Å². The van der Waals surface area contributed by atoms with E-state index in [1.807, 2.05) is 25.1 Å². The highest BCUT2D eigenvalue weighted by Gasteiger charge is 2.41. The number of allylic oxidation sites excluding steroid dienone is 2. The highest BCUT2D eigenvalue weighted by molar-refractivity contribution is 6.01. The van der Waals surface area contributed by atoms with E-state index in [2.05, 4.69) is 10.5 Å². The molecular weight excluding hydrogens is 368 g/mol. The van der Waals surface area contributed by atoms with E-state index >= 15 is 0 Å². The Morgan fingerprint density at radius 1 is 1.10 bits per heavy atom. The Morgan fingerprint density at radius 2 is 1.93 bits per heavy atom. The van der Waals surface area contributed by atoms with Gasteiger partial charge in [0.15, 0.2) is 5.78 Å². The summed E-state index contributed by atoms with van der Waals surface area (Å²) in [5, 5.41) is 27.6. The quantitative estimate of drug-likeness (QED) is 0.604. The maximum Gasteiger partial charge on any atom is 0.233 e. The summed E-state index contributed by atoms with van der Waals surface area (Å²) in [6.45, 7) is 1.85. The molecule has 1 aromatic heterocycles. The molecule has 0 saturated heterocycles. The van der Waals surface area contributed by atoms with Gasteiger partial charge < -0.3 is 20.1 Å². The SMILES string of the molecule is Cc1noc2c1[C@@H](c1cccc(O)c1)C1=C(C[C@@H](c3ccccc3O)CC1=O)N2. The number of para-hydroxylation sites is 1. The number of Topliss-reactive ketones (excluding diaryl/α,β-unsaturated/α-hetero) is 1. The van der Waals surface area contributed by atoms with Gasteiger partial charge in [-0.15, -0.1) is 0 Å². The number of aryl methyl sites for hydroxylation is 1. The molecule has 3 aromatic rings. The molecule has 0 amide bonds. The molecule has 5 rings (SSSR count). The summed E-state index contributed by atoms with van der Waals surface area (Å²) in [5.74, 6) is 0.426. The second-order valence-corrected chi connectivity index (χ2v) is 7.64. The predicted octanol–water partition coefficient (Wildman–Crippen LogP) is 4.35. The van der Waals surface area contributed by atoms with Crippen molar-refractivity contribution < 1.29 is 19.5 Å². The van der Waals surface area contributed by atoms with E-state index in [0.29, 0.717) is 30.0 Å². The van der Waals surface area contributed by atoms with Crippen molar-refractivity contribution in [2.24, 2.45) is 0 Å². The minimum Gasteiger partial charge on any atom is -0.508 e. The Labute approximate surface area is 167 Å². The fourth-order valence-corrected chi connectivity index (χ4v) is 4.56. The zero-order chi connectivity index (χ0) is 20.1. The van der Waals surface area contributed by atoms with Crippen molar-refractivity contribution in [3.63, 3.8) is 0 Å². The van der Waals surface area contributed by atoms with Crippen LogP contribution in [0.3, 0.4) is 0 Å². The van der Waals surface area contributed by atoms with E-state index < -0.39 is 0 Å². The number of rotatable bonds is 2. The van der Waals surface area contributed by atoms with Gasteiger partial charge in [-0.05, 0) is 42.7 Å². The number of ketones is 1. The number of nitrogens with one attached hydrogen (secondary N) is 1. The summed E-state index contributed by atoms with van der Waals surface area (Å²) < 4.78 is 5.50. The van der Waals surface area contributed by atoms with Crippen molar-refractivity contribution in [1.82, 2.24) is 5.16 Å². The van der Waals surface area contributed by atoms with Crippen molar-refractivity contribution in [3.05, 3.63) is 82.2 Å². The second kappa shape index (κ2) is 6.51. The van der Waals surface area contributed by atoms with E-state index in [-0.39, 0.29) is 29.1 Å². The number of benzene rings is 2. The minimum absolute atomic E-state index is 0.0200. The summed E-state index contributed by atoms with van der Waals surface area (Å²) in [5.41, 5.74) is 4.59. The number of carbonyl (C=O) groups is 1. The predicted molar refractivity (Wildman–Crippen MR) is 107 cm³/mol. The van der Waals surface area contributed by atoms with Crippen LogP contribution >= 0.6 is 0 Å². The molecule has 0 spiro atoms. The molecule has 2 heterocycles. The molecule has 6 nitrogen and oxygen atoms in total. The van der Waals surface area contributed by atoms with Crippen LogP contribution in [0.25, 0.3) is 0 Å². The first-order valence-electron chi connectivity index (χ1n) is 9.59. The normalized spacial score (nSPS) is 20.8. The maximum atomic E-state index is 13.3. The number of phenolic OH excluding ortho intramolecular Hbond substituents is 2. The van der Waals surface area contributed by atoms with Gasteiger partial charge in [-0.2, -0.15) is 0 Å². The average Bonchev–Trinajstić information content (AvgIpc) is 3.07. The van der Waals surface area contributed by atoms with Crippen molar-refractivity contribution in [1.29, 1.82) is 0 Å². The second-order valence-electron chi connectivity index (χ2n) is 7.64.